The van der Waals surface area contributed by atoms with Gasteiger partial charge < -0.3 is 10.6 Å². The van der Waals surface area contributed by atoms with E-state index in [1.54, 1.807) is 30.6 Å². The second-order valence-electron chi connectivity index (χ2n) is 6.64. The van der Waals surface area contributed by atoms with Gasteiger partial charge in [0, 0.05) is 42.5 Å². The largest absolute Gasteiger partial charge is 0.382 e. The van der Waals surface area contributed by atoms with E-state index in [9.17, 15) is 13.6 Å². The monoisotopic (exact) mass is 392 g/mol. The molecule has 2 aromatic carbocycles. The zero-order valence-corrected chi connectivity index (χ0v) is 15.4. The van der Waals surface area contributed by atoms with Gasteiger partial charge in [0.1, 0.15) is 17.6 Å². The molecule has 1 atom stereocenters. The maximum absolute atomic E-state index is 14.4. The van der Waals surface area contributed by atoms with Gasteiger partial charge in [-0.15, -0.1) is 0 Å². The van der Waals surface area contributed by atoms with Gasteiger partial charge >= 0.3 is 0 Å². The molecule has 1 amide bonds. The molecule has 0 saturated heterocycles. The fraction of sp³-hybridized carbons (Fsp3) is 0.136. The summed E-state index contributed by atoms with van der Waals surface area (Å²) < 4.78 is 28.4. The van der Waals surface area contributed by atoms with Crippen LogP contribution in [0, 0.1) is 11.6 Å². The molecule has 3 aromatic rings. The molecule has 0 spiro atoms. The molecule has 5 nitrogen and oxygen atoms in total. The van der Waals surface area contributed by atoms with Crippen LogP contribution in [0.3, 0.4) is 0 Å². The van der Waals surface area contributed by atoms with Gasteiger partial charge in [-0.2, -0.15) is 0 Å². The third-order valence-electron chi connectivity index (χ3n) is 4.71. The number of pyridine rings is 1. The Morgan fingerprint density at radius 2 is 1.93 bits per heavy atom. The van der Waals surface area contributed by atoms with Gasteiger partial charge in [0.25, 0.3) is 0 Å². The fourth-order valence-corrected chi connectivity index (χ4v) is 3.23. The number of aromatic nitrogens is 1. The molecular weight excluding hydrogens is 374 g/mol. The SMILES string of the molecule is O=C1Nc2cccc(F)c2C1C=Nc1ccc(NCCc2ccncc2)c(F)c1. The van der Waals surface area contributed by atoms with Gasteiger partial charge in [-0.25, -0.2) is 8.78 Å². The molecule has 1 aromatic heterocycles. The van der Waals surface area contributed by atoms with E-state index in [4.69, 9.17) is 0 Å². The van der Waals surface area contributed by atoms with Crippen molar-refractivity contribution in [2.75, 3.05) is 17.2 Å². The lowest BCUT2D eigenvalue weighted by atomic mass is 10.0. The van der Waals surface area contributed by atoms with Crippen LogP contribution in [-0.2, 0) is 11.2 Å². The summed E-state index contributed by atoms with van der Waals surface area (Å²) in [6, 6.07) is 12.8. The average Bonchev–Trinajstić information content (AvgIpc) is 3.05. The Morgan fingerprint density at radius 3 is 2.72 bits per heavy atom. The van der Waals surface area contributed by atoms with Crippen molar-refractivity contribution >= 4 is 29.2 Å². The molecule has 2 heterocycles. The van der Waals surface area contributed by atoms with Crippen molar-refractivity contribution in [1.82, 2.24) is 4.98 Å². The Labute approximate surface area is 166 Å². The van der Waals surface area contributed by atoms with Crippen molar-refractivity contribution in [3.63, 3.8) is 0 Å². The lowest BCUT2D eigenvalue weighted by molar-refractivity contribution is -0.115. The summed E-state index contributed by atoms with van der Waals surface area (Å²) in [4.78, 5) is 20.2. The van der Waals surface area contributed by atoms with E-state index in [2.05, 4.69) is 20.6 Å². The summed E-state index contributed by atoms with van der Waals surface area (Å²) in [5.74, 6) is -2.12. The fourth-order valence-electron chi connectivity index (χ4n) is 3.23. The number of rotatable bonds is 6. The minimum Gasteiger partial charge on any atom is -0.382 e. The van der Waals surface area contributed by atoms with Crippen molar-refractivity contribution in [2.24, 2.45) is 4.99 Å². The van der Waals surface area contributed by atoms with Crippen LogP contribution in [0.25, 0.3) is 0 Å². The molecule has 0 bridgehead atoms. The highest BCUT2D eigenvalue weighted by molar-refractivity contribution is 6.12. The second-order valence-corrected chi connectivity index (χ2v) is 6.64. The second kappa shape index (κ2) is 8.18. The maximum atomic E-state index is 14.4. The number of carbonyl (C=O) groups excluding carboxylic acids is 1. The van der Waals surface area contributed by atoms with Crippen molar-refractivity contribution in [2.45, 2.75) is 12.3 Å². The molecule has 4 rings (SSSR count). The van der Waals surface area contributed by atoms with E-state index in [-0.39, 0.29) is 11.5 Å². The molecule has 1 aliphatic rings. The number of hydrogen-bond donors (Lipinski definition) is 2. The van der Waals surface area contributed by atoms with Gasteiger partial charge in [-0.05, 0) is 48.4 Å². The number of hydrogen-bond acceptors (Lipinski definition) is 4. The number of nitrogens with zero attached hydrogens (tertiary/aromatic N) is 2. The van der Waals surface area contributed by atoms with Gasteiger partial charge in [0.05, 0.1) is 11.4 Å². The molecule has 1 aliphatic heterocycles. The van der Waals surface area contributed by atoms with Crippen molar-refractivity contribution in [3.05, 3.63) is 83.7 Å². The zero-order valence-electron chi connectivity index (χ0n) is 15.4. The molecule has 0 aliphatic carbocycles. The number of amides is 1. The van der Waals surface area contributed by atoms with E-state index in [0.717, 1.165) is 12.0 Å². The Balaban J connectivity index is 1.43. The topological polar surface area (TPSA) is 66.4 Å². The molecule has 1 unspecified atom stereocenters. The molecule has 0 saturated carbocycles. The Hall–Kier alpha value is -3.61. The van der Waals surface area contributed by atoms with E-state index < -0.39 is 17.6 Å². The zero-order chi connectivity index (χ0) is 20.2. The normalized spacial score (nSPS) is 15.4. The quantitative estimate of drug-likeness (QED) is 0.609. The minimum absolute atomic E-state index is 0.260. The van der Waals surface area contributed by atoms with E-state index in [0.29, 0.717) is 23.6 Å². The van der Waals surface area contributed by atoms with Crippen molar-refractivity contribution in [3.8, 4) is 0 Å². The highest BCUT2D eigenvalue weighted by Gasteiger charge is 2.31. The van der Waals surface area contributed by atoms with E-state index in [1.807, 2.05) is 12.1 Å². The van der Waals surface area contributed by atoms with Gasteiger partial charge in [0.2, 0.25) is 5.91 Å². The molecule has 2 N–H and O–H groups in total. The first-order valence-electron chi connectivity index (χ1n) is 9.17. The van der Waals surface area contributed by atoms with Gasteiger partial charge in [-0.1, -0.05) is 6.07 Å². The summed E-state index contributed by atoms with van der Waals surface area (Å²) in [7, 11) is 0. The van der Waals surface area contributed by atoms with Crippen LogP contribution < -0.4 is 10.6 Å². The molecule has 0 radical (unpaired) electrons. The number of aliphatic imine (C=N–C) groups is 1. The average molecular weight is 392 g/mol. The highest BCUT2D eigenvalue weighted by Crippen LogP contribution is 2.34. The molecule has 7 heteroatoms. The van der Waals surface area contributed by atoms with Crippen LogP contribution in [0.1, 0.15) is 17.0 Å². The Morgan fingerprint density at radius 1 is 1.10 bits per heavy atom. The Bertz CT molecular complexity index is 1070. The standard InChI is InChI=1S/C22H18F2N4O/c23-17-2-1-3-20-21(17)16(22(29)28-20)13-27-15-4-5-19(18(24)12-15)26-11-8-14-6-9-25-10-7-14/h1-7,9-10,12-13,16,26H,8,11H2,(H,28,29). The summed E-state index contributed by atoms with van der Waals surface area (Å²) in [5.41, 5.74) is 2.52. The van der Waals surface area contributed by atoms with E-state index in [1.165, 1.54) is 24.4 Å². The van der Waals surface area contributed by atoms with Gasteiger partial charge in [0.15, 0.2) is 0 Å². The van der Waals surface area contributed by atoms with Crippen LogP contribution in [0.15, 0.2) is 65.9 Å². The lowest BCUT2D eigenvalue weighted by Gasteiger charge is -2.08. The van der Waals surface area contributed by atoms with Crippen LogP contribution >= 0.6 is 0 Å². The third kappa shape index (κ3) is 4.13. The highest BCUT2D eigenvalue weighted by atomic mass is 19.1. The molecule has 0 fully saturated rings. The molecular formula is C22H18F2N4O. The van der Waals surface area contributed by atoms with Crippen LogP contribution in [-0.4, -0.2) is 23.7 Å². The number of fused-ring (bicyclic) bond motifs is 1. The number of halogens is 2. The first kappa shape index (κ1) is 18.7. The number of carbonyl (C=O) groups is 1. The minimum atomic E-state index is -0.840. The van der Waals surface area contributed by atoms with Crippen LogP contribution in [0.5, 0.6) is 0 Å². The predicted octanol–water partition coefficient (Wildman–Crippen LogP) is 4.45. The first-order chi connectivity index (χ1) is 14.1. The summed E-state index contributed by atoms with van der Waals surface area (Å²) in [6.45, 7) is 0.571. The summed E-state index contributed by atoms with van der Waals surface area (Å²) in [5, 5.41) is 5.68. The number of benzene rings is 2. The first-order valence-corrected chi connectivity index (χ1v) is 9.17. The number of anilines is 2. The van der Waals surface area contributed by atoms with E-state index >= 15 is 0 Å². The lowest BCUT2D eigenvalue weighted by Crippen LogP contribution is -2.13. The Kier molecular flexibility index (Phi) is 5.29. The van der Waals surface area contributed by atoms with Crippen LogP contribution in [0.4, 0.5) is 25.8 Å². The molecule has 146 valence electrons. The number of nitrogens with one attached hydrogen (secondary N) is 2. The third-order valence-corrected chi connectivity index (χ3v) is 4.71. The summed E-state index contributed by atoms with van der Waals surface area (Å²) in [6.07, 6.45) is 5.52. The predicted molar refractivity (Wildman–Crippen MR) is 109 cm³/mol. The van der Waals surface area contributed by atoms with Crippen LogP contribution in [0.2, 0.25) is 0 Å². The summed E-state index contributed by atoms with van der Waals surface area (Å²) >= 11 is 0. The van der Waals surface area contributed by atoms with Crippen molar-refractivity contribution in [1.29, 1.82) is 0 Å². The smallest absolute Gasteiger partial charge is 0.237 e. The molecule has 29 heavy (non-hydrogen) atoms. The van der Waals surface area contributed by atoms with Crippen molar-refractivity contribution < 1.29 is 13.6 Å². The van der Waals surface area contributed by atoms with Gasteiger partial charge in [-0.3, -0.25) is 14.8 Å². The maximum Gasteiger partial charge on any atom is 0.237 e.